The number of anilines is 1. The van der Waals surface area contributed by atoms with Crippen LogP contribution in [0.4, 0.5) is 5.69 Å². The van der Waals surface area contributed by atoms with Crippen molar-refractivity contribution in [3.05, 3.63) is 24.3 Å². The zero-order valence-corrected chi connectivity index (χ0v) is 18.5. The van der Waals surface area contributed by atoms with Crippen LogP contribution in [-0.4, -0.2) is 75.5 Å². The fraction of sp³-hybridized carbons (Fsp3) is 0.565. The van der Waals surface area contributed by atoms with Crippen LogP contribution in [0.1, 0.15) is 12.8 Å². The first kappa shape index (κ1) is 21.1. The van der Waals surface area contributed by atoms with Gasteiger partial charge in [0, 0.05) is 31.0 Å². The zero-order chi connectivity index (χ0) is 22.5. The number of benzene rings is 1. The van der Waals surface area contributed by atoms with E-state index >= 15 is 0 Å². The number of carbonyl (C=O) groups is 2. The molecule has 5 rings (SSSR count). The van der Waals surface area contributed by atoms with Crippen molar-refractivity contribution in [3.8, 4) is 17.2 Å². The van der Waals surface area contributed by atoms with E-state index in [1.807, 2.05) is 12.2 Å². The molecule has 32 heavy (non-hydrogen) atoms. The minimum atomic E-state index is -0.738. The maximum atomic E-state index is 13.4. The monoisotopic (exact) mass is 444 g/mol. The maximum Gasteiger partial charge on any atom is 0.231 e. The van der Waals surface area contributed by atoms with Gasteiger partial charge >= 0.3 is 0 Å². The van der Waals surface area contributed by atoms with E-state index in [2.05, 4.69) is 5.32 Å². The molecule has 0 unspecified atom stereocenters. The van der Waals surface area contributed by atoms with Gasteiger partial charge in [-0.15, -0.1) is 0 Å². The quantitative estimate of drug-likeness (QED) is 0.639. The largest absolute Gasteiger partial charge is 0.493 e. The fourth-order valence-corrected chi connectivity index (χ4v) is 5.45. The minimum absolute atomic E-state index is 0.0441. The molecule has 5 atom stereocenters. The van der Waals surface area contributed by atoms with Crippen molar-refractivity contribution >= 4 is 17.5 Å². The van der Waals surface area contributed by atoms with Crippen molar-refractivity contribution in [2.45, 2.75) is 30.7 Å². The van der Waals surface area contributed by atoms with E-state index < -0.39 is 23.5 Å². The number of methoxy groups -OCH3 is 3. The van der Waals surface area contributed by atoms with Crippen LogP contribution >= 0.6 is 0 Å². The Morgan fingerprint density at radius 2 is 1.97 bits per heavy atom. The predicted octanol–water partition coefficient (Wildman–Crippen LogP) is 1.61. The van der Waals surface area contributed by atoms with Crippen LogP contribution in [0.15, 0.2) is 24.3 Å². The molecule has 1 aromatic carbocycles. The van der Waals surface area contributed by atoms with Crippen LogP contribution in [0.2, 0.25) is 0 Å². The summed E-state index contributed by atoms with van der Waals surface area (Å²) in [5.74, 6) is -0.161. The Balaban J connectivity index is 1.37. The molecular formula is C23H28N2O7. The highest BCUT2D eigenvalue weighted by molar-refractivity contribution is 5.99. The summed E-state index contributed by atoms with van der Waals surface area (Å²) in [5.41, 5.74) is -0.246. The number of carbonyl (C=O) groups excluding carboxylic acids is 2. The van der Waals surface area contributed by atoms with E-state index in [4.69, 9.17) is 23.7 Å². The molecule has 9 heteroatoms. The van der Waals surface area contributed by atoms with E-state index in [0.29, 0.717) is 36.0 Å². The molecule has 0 aliphatic carbocycles. The Morgan fingerprint density at radius 1 is 1.22 bits per heavy atom. The highest BCUT2D eigenvalue weighted by Crippen LogP contribution is 2.52. The molecule has 172 valence electrons. The van der Waals surface area contributed by atoms with Gasteiger partial charge in [-0.05, 0) is 12.8 Å². The number of ether oxygens (including phenoxy) is 5. The van der Waals surface area contributed by atoms with Crippen LogP contribution in [0.25, 0.3) is 0 Å². The van der Waals surface area contributed by atoms with Crippen LogP contribution in [-0.2, 0) is 19.1 Å². The molecule has 3 saturated heterocycles. The first-order valence-electron chi connectivity index (χ1n) is 10.9. The Hall–Kier alpha value is -2.78. The third-order valence-corrected chi connectivity index (χ3v) is 6.86. The molecule has 1 spiro atoms. The van der Waals surface area contributed by atoms with Gasteiger partial charge in [0.15, 0.2) is 11.5 Å². The van der Waals surface area contributed by atoms with Gasteiger partial charge in [0.05, 0.1) is 51.9 Å². The Morgan fingerprint density at radius 3 is 2.59 bits per heavy atom. The predicted molar refractivity (Wildman–Crippen MR) is 114 cm³/mol. The first-order valence-corrected chi connectivity index (χ1v) is 10.9. The highest BCUT2D eigenvalue weighted by atomic mass is 16.5. The average molecular weight is 444 g/mol. The third kappa shape index (κ3) is 3.22. The van der Waals surface area contributed by atoms with Crippen molar-refractivity contribution in [3.63, 3.8) is 0 Å². The molecule has 2 amide bonds. The summed E-state index contributed by atoms with van der Waals surface area (Å²) in [6, 6.07) is 3.33. The van der Waals surface area contributed by atoms with Crippen LogP contribution in [0.5, 0.6) is 17.2 Å². The molecule has 9 nitrogen and oxygen atoms in total. The molecule has 4 heterocycles. The summed E-state index contributed by atoms with van der Waals surface area (Å²) in [5, 5.41) is 2.92. The smallest absolute Gasteiger partial charge is 0.231 e. The molecule has 4 aliphatic rings. The molecule has 3 fully saturated rings. The topological polar surface area (TPSA) is 95.6 Å². The molecule has 0 saturated carbocycles. The van der Waals surface area contributed by atoms with Crippen molar-refractivity contribution in [2.24, 2.45) is 11.8 Å². The Labute approximate surface area is 186 Å². The molecule has 0 aromatic heterocycles. The number of nitrogens with zero attached hydrogens (tertiary/aromatic N) is 1. The van der Waals surface area contributed by atoms with Gasteiger partial charge in [-0.25, -0.2) is 0 Å². The van der Waals surface area contributed by atoms with Gasteiger partial charge in [0.1, 0.15) is 5.60 Å². The second-order valence-corrected chi connectivity index (χ2v) is 8.66. The lowest BCUT2D eigenvalue weighted by atomic mass is 9.77. The average Bonchev–Trinajstić information content (AvgIpc) is 3.56. The summed E-state index contributed by atoms with van der Waals surface area (Å²) >= 11 is 0. The number of hydrogen-bond acceptors (Lipinski definition) is 7. The Kier molecular flexibility index (Phi) is 5.25. The standard InChI is InChI=1S/C23H28N2O7/c1-28-16-9-13(10-17(29-2)20(16)30-3)24-21(26)18-15-6-7-23(32-15)12-25(22(27)19(18)23)11-14-5-4-8-31-14/h6-7,9-10,14-15,18-19H,4-5,8,11-12H2,1-3H3,(H,24,26)/t14-,15+,18-,19-,23+/m0/s1. The van der Waals surface area contributed by atoms with Crippen molar-refractivity contribution < 1.29 is 33.3 Å². The molecule has 1 N–H and O–H groups in total. The highest BCUT2D eigenvalue weighted by Gasteiger charge is 2.66. The second-order valence-electron chi connectivity index (χ2n) is 8.66. The van der Waals surface area contributed by atoms with E-state index in [0.717, 1.165) is 19.4 Å². The van der Waals surface area contributed by atoms with E-state index in [1.165, 1.54) is 21.3 Å². The summed E-state index contributed by atoms with van der Waals surface area (Å²) in [4.78, 5) is 28.5. The van der Waals surface area contributed by atoms with Crippen LogP contribution < -0.4 is 19.5 Å². The number of fused-ring (bicyclic) bond motifs is 1. The molecule has 2 bridgehead atoms. The summed E-state index contributed by atoms with van der Waals surface area (Å²) in [6.07, 6.45) is 5.46. The SMILES string of the molecule is COc1cc(NC(=O)[C@@H]2[C@H]3C(=O)N(C[C@@H]4CCCO4)C[C@]34C=C[C@H]2O4)cc(OC)c1OC. The number of hydrogen-bond donors (Lipinski definition) is 1. The van der Waals surface area contributed by atoms with Gasteiger partial charge in [-0.2, -0.15) is 0 Å². The minimum Gasteiger partial charge on any atom is -0.493 e. The van der Waals surface area contributed by atoms with Gasteiger partial charge in [-0.3, -0.25) is 9.59 Å². The van der Waals surface area contributed by atoms with Crippen LogP contribution in [0, 0.1) is 11.8 Å². The van der Waals surface area contributed by atoms with Crippen molar-refractivity contribution in [1.29, 1.82) is 0 Å². The molecule has 0 radical (unpaired) electrons. The summed E-state index contributed by atoms with van der Waals surface area (Å²) in [7, 11) is 4.55. The lowest BCUT2D eigenvalue weighted by Crippen LogP contribution is -2.42. The molecule has 1 aromatic rings. The first-order chi connectivity index (χ1) is 15.5. The molecule has 4 aliphatic heterocycles. The van der Waals surface area contributed by atoms with Crippen molar-refractivity contribution in [1.82, 2.24) is 4.90 Å². The summed E-state index contributed by atoms with van der Waals surface area (Å²) < 4.78 is 28.0. The Bertz CT molecular complexity index is 933. The lowest BCUT2D eigenvalue weighted by molar-refractivity contribution is -0.136. The number of nitrogens with one attached hydrogen (secondary N) is 1. The van der Waals surface area contributed by atoms with E-state index in [-0.39, 0.29) is 17.9 Å². The van der Waals surface area contributed by atoms with Crippen molar-refractivity contribution in [2.75, 3.05) is 46.3 Å². The summed E-state index contributed by atoms with van der Waals surface area (Å²) in [6.45, 7) is 1.73. The van der Waals surface area contributed by atoms with E-state index in [1.54, 1.807) is 17.0 Å². The van der Waals surface area contributed by atoms with Gasteiger partial charge in [0.25, 0.3) is 0 Å². The third-order valence-electron chi connectivity index (χ3n) is 6.86. The van der Waals surface area contributed by atoms with Crippen LogP contribution in [0.3, 0.4) is 0 Å². The van der Waals surface area contributed by atoms with Gasteiger partial charge in [-0.1, -0.05) is 12.2 Å². The molecular weight excluding hydrogens is 416 g/mol. The van der Waals surface area contributed by atoms with E-state index in [9.17, 15) is 9.59 Å². The van der Waals surface area contributed by atoms with Gasteiger partial charge in [0.2, 0.25) is 17.6 Å². The number of likely N-dealkylation sites (tertiary alicyclic amines) is 1. The number of amides is 2. The fourth-order valence-electron chi connectivity index (χ4n) is 5.45. The second kappa shape index (κ2) is 7.97. The zero-order valence-electron chi connectivity index (χ0n) is 18.5. The normalized spacial score (nSPS) is 32.3. The van der Waals surface area contributed by atoms with Gasteiger partial charge < -0.3 is 33.9 Å². The maximum absolute atomic E-state index is 13.4. The lowest BCUT2D eigenvalue weighted by Gasteiger charge is -2.24. The number of rotatable bonds is 7.